The predicted molar refractivity (Wildman–Crippen MR) is 66.3 cm³/mol. The zero-order valence-electron chi connectivity index (χ0n) is 10.1. The average Bonchev–Trinajstić information content (AvgIpc) is 2.70. The summed E-state index contributed by atoms with van der Waals surface area (Å²) in [6.07, 6.45) is 1.27. The first kappa shape index (κ1) is 13.6. The third-order valence-corrected chi connectivity index (χ3v) is 3.74. The van der Waals surface area contributed by atoms with Crippen LogP contribution in [-0.4, -0.2) is 28.5 Å². The number of carbonyl (C=O) groups excluding carboxylic acids is 1. The Morgan fingerprint density at radius 1 is 1.71 bits per heavy atom. The Kier molecular flexibility index (Phi) is 4.62. The number of hydrogen-bond donors (Lipinski definition) is 1. The summed E-state index contributed by atoms with van der Waals surface area (Å²) >= 11 is 1.28. The van der Waals surface area contributed by atoms with Crippen LogP contribution in [0.15, 0.2) is 5.51 Å². The molecule has 0 aliphatic carbocycles. The Labute approximate surface area is 104 Å². The smallest absolute Gasteiger partial charge is 0.327 e. The maximum atomic E-state index is 11.3. The number of nitrogens with zero attached hydrogens (tertiary/aromatic N) is 2. The lowest BCUT2D eigenvalue weighted by atomic mass is 9.98. The summed E-state index contributed by atoms with van der Waals surface area (Å²) in [5.41, 5.74) is 2.29. The molecule has 0 radical (unpaired) electrons. The van der Waals surface area contributed by atoms with Gasteiger partial charge in [0.1, 0.15) is 11.0 Å². The van der Waals surface area contributed by atoms with Crippen molar-refractivity contribution < 1.29 is 14.7 Å². The van der Waals surface area contributed by atoms with E-state index in [4.69, 9.17) is 0 Å². The van der Waals surface area contributed by atoms with Gasteiger partial charge in [-0.1, -0.05) is 20.3 Å². The van der Waals surface area contributed by atoms with Crippen LogP contribution in [0, 0.1) is 12.8 Å². The maximum Gasteiger partial charge on any atom is 0.327 e. The van der Waals surface area contributed by atoms with Gasteiger partial charge in [-0.3, -0.25) is 9.69 Å². The van der Waals surface area contributed by atoms with Crippen molar-refractivity contribution >= 4 is 28.7 Å². The second-order valence-electron chi connectivity index (χ2n) is 3.92. The highest BCUT2D eigenvalue weighted by Crippen LogP contribution is 2.28. The van der Waals surface area contributed by atoms with Crippen LogP contribution in [0.2, 0.25) is 0 Å². The van der Waals surface area contributed by atoms with E-state index in [1.165, 1.54) is 16.2 Å². The highest BCUT2D eigenvalue weighted by atomic mass is 32.1. The first-order valence-corrected chi connectivity index (χ1v) is 6.27. The summed E-state index contributed by atoms with van der Waals surface area (Å²) < 4.78 is 0. The van der Waals surface area contributed by atoms with Crippen LogP contribution in [-0.2, 0) is 9.59 Å². The van der Waals surface area contributed by atoms with Gasteiger partial charge in [-0.05, 0) is 12.8 Å². The molecule has 1 amide bonds. The average molecular weight is 256 g/mol. The second kappa shape index (κ2) is 5.77. The van der Waals surface area contributed by atoms with Crippen molar-refractivity contribution in [3.63, 3.8) is 0 Å². The molecule has 1 aromatic rings. The van der Waals surface area contributed by atoms with E-state index in [0.717, 1.165) is 0 Å². The molecule has 1 aromatic heterocycles. The van der Waals surface area contributed by atoms with E-state index in [9.17, 15) is 14.7 Å². The molecule has 1 N–H and O–H groups in total. The molecule has 5 nitrogen and oxygen atoms in total. The number of carboxylic acids is 1. The van der Waals surface area contributed by atoms with Crippen LogP contribution >= 0.6 is 11.3 Å². The Morgan fingerprint density at radius 3 is 2.71 bits per heavy atom. The monoisotopic (exact) mass is 256 g/mol. The molecule has 0 aliphatic rings. The van der Waals surface area contributed by atoms with E-state index in [-0.39, 0.29) is 5.92 Å². The number of anilines is 1. The first-order chi connectivity index (χ1) is 8.02. The van der Waals surface area contributed by atoms with Crippen LogP contribution in [0.3, 0.4) is 0 Å². The summed E-state index contributed by atoms with van der Waals surface area (Å²) in [5, 5.41) is 9.85. The minimum atomic E-state index is -0.987. The first-order valence-electron chi connectivity index (χ1n) is 5.39. The molecule has 0 spiro atoms. The summed E-state index contributed by atoms with van der Waals surface area (Å²) in [5.74, 6) is -1.10. The highest BCUT2D eigenvalue weighted by Gasteiger charge is 2.32. The van der Waals surface area contributed by atoms with Crippen LogP contribution in [0.5, 0.6) is 0 Å². The molecule has 0 aliphatic heterocycles. The normalized spacial score (nSPS) is 14.1. The molecule has 17 heavy (non-hydrogen) atoms. The standard InChI is InChI=1S/C11H16N2O3S/c1-4-7(2)9(11(15)16)13(6-14)10-8(3)12-5-17-10/h5-7,9H,4H2,1-3H3,(H,15,16). The van der Waals surface area contributed by atoms with Crippen molar-refractivity contribution in [2.45, 2.75) is 33.2 Å². The van der Waals surface area contributed by atoms with Crippen molar-refractivity contribution in [2.24, 2.45) is 5.92 Å². The van der Waals surface area contributed by atoms with Gasteiger partial charge in [0.25, 0.3) is 0 Å². The SMILES string of the molecule is CCC(C)C(C(=O)O)N(C=O)c1scnc1C. The minimum absolute atomic E-state index is 0.112. The zero-order chi connectivity index (χ0) is 13.0. The lowest BCUT2D eigenvalue weighted by molar-refractivity contribution is -0.140. The number of amides is 1. The number of rotatable bonds is 6. The molecule has 0 aromatic carbocycles. The van der Waals surface area contributed by atoms with Crippen LogP contribution in [0.1, 0.15) is 26.0 Å². The third-order valence-electron chi connectivity index (χ3n) is 2.80. The number of aliphatic carboxylic acids is 1. The summed E-state index contributed by atoms with van der Waals surface area (Å²) in [4.78, 5) is 27.8. The fourth-order valence-electron chi connectivity index (χ4n) is 1.64. The molecule has 94 valence electrons. The molecule has 1 heterocycles. The van der Waals surface area contributed by atoms with Gasteiger partial charge in [-0.25, -0.2) is 9.78 Å². The molecule has 6 heteroatoms. The Bertz CT molecular complexity index is 405. The fraction of sp³-hybridized carbons (Fsp3) is 0.545. The minimum Gasteiger partial charge on any atom is -0.480 e. The van der Waals surface area contributed by atoms with Gasteiger partial charge in [-0.2, -0.15) is 0 Å². The number of carbonyl (C=O) groups is 2. The van der Waals surface area contributed by atoms with Gasteiger partial charge in [0.05, 0.1) is 11.2 Å². The molecule has 2 unspecified atom stereocenters. The lowest BCUT2D eigenvalue weighted by Crippen LogP contribution is -2.44. The predicted octanol–water partition coefficient (Wildman–Crippen LogP) is 1.91. The van der Waals surface area contributed by atoms with E-state index in [1.54, 1.807) is 12.4 Å². The van der Waals surface area contributed by atoms with E-state index in [0.29, 0.717) is 23.5 Å². The van der Waals surface area contributed by atoms with Crippen LogP contribution in [0.4, 0.5) is 5.00 Å². The van der Waals surface area contributed by atoms with E-state index in [2.05, 4.69) is 4.98 Å². The van der Waals surface area contributed by atoms with Crippen molar-refractivity contribution in [3.05, 3.63) is 11.2 Å². The maximum absolute atomic E-state index is 11.3. The van der Waals surface area contributed by atoms with Gasteiger partial charge in [0.15, 0.2) is 0 Å². The van der Waals surface area contributed by atoms with Gasteiger partial charge in [0, 0.05) is 0 Å². The van der Waals surface area contributed by atoms with Gasteiger partial charge >= 0.3 is 5.97 Å². The number of aromatic nitrogens is 1. The van der Waals surface area contributed by atoms with Gasteiger partial charge in [0.2, 0.25) is 6.41 Å². The van der Waals surface area contributed by atoms with Crippen LogP contribution < -0.4 is 4.90 Å². The van der Waals surface area contributed by atoms with E-state index >= 15 is 0 Å². The lowest BCUT2D eigenvalue weighted by Gasteiger charge is -2.28. The summed E-state index contributed by atoms with van der Waals surface area (Å²) in [6, 6.07) is -0.836. The van der Waals surface area contributed by atoms with E-state index < -0.39 is 12.0 Å². The zero-order valence-corrected chi connectivity index (χ0v) is 10.9. The summed E-state index contributed by atoms with van der Waals surface area (Å²) in [7, 11) is 0. The molecule has 2 atom stereocenters. The molecule has 1 rings (SSSR count). The largest absolute Gasteiger partial charge is 0.480 e. The second-order valence-corrected chi connectivity index (χ2v) is 4.76. The van der Waals surface area contributed by atoms with E-state index in [1.807, 2.05) is 13.8 Å². The Hall–Kier alpha value is -1.43. The molecule has 0 fully saturated rings. The van der Waals surface area contributed by atoms with Crippen LogP contribution in [0.25, 0.3) is 0 Å². The molecule has 0 bridgehead atoms. The number of hydrogen-bond acceptors (Lipinski definition) is 4. The van der Waals surface area contributed by atoms with Gasteiger partial charge < -0.3 is 5.11 Å². The summed E-state index contributed by atoms with van der Waals surface area (Å²) in [6.45, 7) is 5.49. The molecular weight excluding hydrogens is 240 g/mol. The molecule has 0 saturated heterocycles. The highest BCUT2D eigenvalue weighted by molar-refractivity contribution is 7.14. The quantitative estimate of drug-likeness (QED) is 0.789. The number of aryl methyl sites for hydroxylation is 1. The third kappa shape index (κ3) is 2.82. The molecule has 0 saturated carbocycles. The topological polar surface area (TPSA) is 70.5 Å². The van der Waals surface area contributed by atoms with Crippen molar-refractivity contribution in [2.75, 3.05) is 4.90 Å². The van der Waals surface area contributed by atoms with Crippen molar-refractivity contribution in [1.29, 1.82) is 0 Å². The Balaban J connectivity index is 3.10. The number of thiazole rings is 1. The van der Waals surface area contributed by atoms with Crippen molar-refractivity contribution in [3.8, 4) is 0 Å². The molecular formula is C11H16N2O3S. The Morgan fingerprint density at radius 2 is 2.35 bits per heavy atom. The van der Waals surface area contributed by atoms with Crippen molar-refractivity contribution in [1.82, 2.24) is 4.98 Å². The number of carboxylic acid groups (broad SMARTS) is 1. The van der Waals surface area contributed by atoms with Gasteiger partial charge in [-0.15, -0.1) is 11.3 Å². The fourth-order valence-corrected chi connectivity index (χ4v) is 2.46.